The summed E-state index contributed by atoms with van der Waals surface area (Å²) in [5.41, 5.74) is 4.41. The van der Waals surface area contributed by atoms with E-state index < -0.39 is 6.04 Å². The second-order valence-corrected chi connectivity index (χ2v) is 14.1. The first-order valence-corrected chi connectivity index (χ1v) is 16.5. The van der Waals surface area contributed by atoms with Gasteiger partial charge >= 0.3 is 0 Å². The van der Waals surface area contributed by atoms with Crippen molar-refractivity contribution in [1.82, 2.24) is 15.2 Å². The number of nitrogens with zero attached hydrogens (tertiary/aromatic N) is 2. The molecule has 1 aromatic carbocycles. The van der Waals surface area contributed by atoms with Crippen LogP contribution in [0.3, 0.4) is 0 Å². The second-order valence-electron chi connectivity index (χ2n) is 14.1. The summed E-state index contributed by atoms with van der Waals surface area (Å²) in [6.45, 7) is 10.7. The van der Waals surface area contributed by atoms with E-state index in [1.165, 1.54) is 45.2 Å². The number of benzene rings is 1. The van der Waals surface area contributed by atoms with Crippen LogP contribution in [-0.2, 0) is 17.6 Å². The fraction of sp³-hybridized carbons (Fsp3) is 0.629. The first-order chi connectivity index (χ1) is 20.7. The molecule has 43 heavy (non-hydrogen) atoms. The van der Waals surface area contributed by atoms with Crippen molar-refractivity contribution >= 4 is 23.3 Å². The fourth-order valence-electron chi connectivity index (χ4n) is 7.36. The number of hydrogen-bond acceptors (Lipinski definition) is 5. The zero-order chi connectivity index (χ0) is 30.1. The predicted octanol–water partition coefficient (Wildman–Crippen LogP) is 5.61. The van der Waals surface area contributed by atoms with Crippen molar-refractivity contribution in [2.24, 2.45) is 11.3 Å². The van der Waals surface area contributed by atoms with E-state index in [1.807, 2.05) is 30.0 Å². The fourth-order valence-corrected chi connectivity index (χ4v) is 7.36. The lowest BCUT2D eigenvalue weighted by atomic mass is 9.75. The Morgan fingerprint density at radius 3 is 2.67 bits per heavy atom. The maximum Gasteiger partial charge on any atom is 0.268 e. The molecule has 8 nitrogen and oxygen atoms in total. The van der Waals surface area contributed by atoms with Crippen LogP contribution in [0.15, 0.2) is 18.2 Å². The van der Waals surface area contributed by atoms with Crippen molar-refractivity contribution in [1.29, 1.82) is 0 Å². The van der Waals surface area contributed by atoms with E-state index in [0.717, 1.165) is 54.9 Å². The van der Waals surface area contributed by atoms with Crippen molar-refractivity contribution < 1.29 is 19.1 Å². The normalized spacial score (nSPS) is 20.4. The summed E-state index contributed by atoms with van der Waals surface area (Å²) in [6.07, 6.45) is 10.8. The van der Waals surface area contributed by atoms with Crippen molar-refractivity contribution in [3.8, 4) is 5.75 Å². The molecule has 6 rings (SSSR count). The molecule has 232 valence electrons. The number of nitrogens with one attached hydrogen (secondary N) is 2. The number of H-pyrrole nitrogens is 1. The number of amides is 2. The number of fused-ring (bicyclic) bond motifs is 2. The van der Waals surface area contributed by atoms with Gasteiger partial charge in [-0.25, -0.2) is 0 Å². The number of ketones is 1. The molecule has 4 aliphatic rings. The quantitative estimate of drug-likeness (QED) is 0.333. The minimum absolute atomic E-state index is 0.0684. The van der Waals surface area contributed by atoms with E-state index in [9.17, 15) is 14.4 Å². The van der Waals surface area contributed by atoms with Crippen LogP contribution in [0.1, 0.15) is 109 Å². The van der Waals surface area contributed by atoms with E-state index in [0.29, 0.717) is 48.7 Å². The highest BCUT2D eigenvalue weighted by Crippen LogP contribution is 2.39. The number of aromatic amines is 1. The summed E-state index contributed by atoms with van der Waals surface area (Å²) in [6, 6.07) is 5.35. The van der Waals surface area contributed by atoms with Crippen LogP contribution in [0.25, 0.3) is 0 Å². The van der Waals surface area contributed by atoms with Gasteiger partial charge in [-0.1, -0.05) is 39.2 Å². The lowest BCUT2D eigenvalue weighted by molar-refractivity contribution is -0.120. The first-order valence-electron chi connectivity index (χ1n) is 16.5. The van der Waals surface area contributed by atoms with Crippen LogP contribution in [0.5, 0.6) is 5.75 Å². The van der Waals surface area contributed by atoms with Crippen LogP contribution in [0.2, 0.25) is 0 Å². The Balaban J connectivity index is 1.14. The summed E-state index contributed by atoms with van der Waals surface area (Å²) in [4.78, 5) is 48.3. The first kappa shape index (κ1) is 29.9. The minimum atomic E-state index is -0.625. The SMILES string of the molecule is Cc1c(C(=O)NC(CCC2CC2)C(=O)N2CCc3c(OCCCN4CCCCC4)cccc32)[nH]c2c1C(=O)CC(C)(C)C2. The number of aromatic nitrogens is 1. The summed E-state index contributed by atoms with van der Waals surface area (Å²) >= 11 is 0. The van der Waals surface area contributed by atoms with Gasteiger partial charge in [0.25, 0.3) is 5.91 Å². The Morgan fingerprint density at radius 1 is 1.12 bits per heavy atom. The predicted molar refractivity (Wildman–Crippen MR) is 168 cm³/mol. The highest BCUT2D eigenvalue weighted by Gasteiger charge is 2.37. The number of carbonyl (C=O) groups is 3. The van der Waals surface area contributed by atoms with Crippen LogP contribution in [0.4, 0.5) is 5.69 Å². The monoisotopic (exact) mass is 588 g/mol. The molecule has 2 aromatic rings. The van der Waals surface area contributed by atoms with Crippen LogP contribution in [-0.4, -0.2) is 66.3 Å². The molecule has 0 spiro atoms. The summed E-state index contributed by atoms with van der Waals surface area (Å²) in [5, 5.41) is 3.09. The van der Waals surface area contributed by atoms with Crippen molar-refractivity contribution in [2.75, 3.05) is 37.7 Å². The highest BCUT2D eigenvalue weighted by atomic mass is 16.5. The molecular weight excluding hydrogens is 540 g/mol. The number of anilines is 1. The lowest BCUT2D eigenvalue weighted by Gasteiger charge is -2.28. The van der Waals surface area contributed by atoms with Gasteiger partial charge in [-0.2, -0.15) is 0 Å². The molecule has 0 bridgehead atoms. The van der Waals surface area contributed by atoms with Crippen LogP contribution >= 0.6 is 0 Å². The van der Waals surface area contributed by atoms with E-state index in [1.54, 1.807) is 0 Å². The summed E-state index contributed by atoms with van der Waals surface area (Å²) < 4.78 is 6.25. The highest BCUT2D eigenvalue weighted by molar-refractivity contribution is 6.06. The molecule has 2 N–H and O–H groups in total. The topological polar surface area (TPSA) is 94.7 Å². The number of ether oxygens (including phenoxy) is 1. The standard InChI is InChI=1S/C35H48N4O4/c1-23-31-27(21-35(2,3)22-29(31)40)36-32(23)33(41)37-26(14-13-24-11-12-24)34(42)39-19-15-25-28(39)9-7-10-30(25)43-20-8-18-38-16-5-4-6-17-38/h7,9-10,24,26,36H,4-6,8,11-22H2,1-3H3,(H,37,41). The van der Waals surface area contributed by atoms with E-state index in [2.05, 4.69) is 29.0 Å². The number of likely N-dealkylation sites (tertiary alicyclic amines) is 1. The Hall–Kier alpha value is -3.13. The van der Waals surface area contributed by atoms with Gasteiger partial charge < -0.3 is 24.8 Å². The molecule has 2 amide bonds. The third-order valence-electron chi connectivity index (χ3n) is 9.87. The van der Waals surface area contributed by atoms with Gasteiger partial charge in [-0.05, 0) is 94.0 Å². The summed E-state index contributed by atoms with van der Waals surface area (Å²) in [7, 11) is 0. The Kier molecular flexibility index (Phi) is 8.67. The number of Topliss-reactive ketones (excluding diaryl/α,β-unsaturated/α-hetero) is 1. The third-order valence-corrected chi connectivity index (χ3v) is 9.87. The minimum Gasteiger partial charge on any atom is -0.493 e. The molecule has 0 radical (unpaired) electrons. The van der Waals surface area contributed by atoms with Gasteiger partial charge in [0.15, 0.2) is 5.78 Å². The lowest BCUT2D eigenvalue weighted by Crippen LogP contribution is -2.48. The van der Waals surface area contributed by atoms with Gasteiger partial charge in [0.05, 0.1) is 12.3 Å². The molecule has 2 aliphatic heterocycles. The van der Waals surface area contributed by atoms with Crippen LogP contribution in [0, 0.1) is 18.3 Å². The second kappa shape index (κ2) is 12.5. The zero-order valence-electron chi connectivity index (χ0n) is 26.2. The van der Waals surface area contributed by atoms with Crippen molar-refractivity contribution in [2.45, 2.75) is 97.4 Å². The molecular formula is C35H48N4O4. The molecule has 1 saturated heterocycles. The molecule has 2 fully saturated rings. The maximum absolute atomic E-state index is 14.1. The zero-order valence-corrected chi connectivity index (χ0v) is 26.2. The number of carbonyl (C=O) groups excluding carboxylic acids is 3. The molecule has 1 saturated carbocycles. The average molecular weight is 589 g/mol. The van der Waals surface area contributed by atoms with E-state index >= 15 is 0 Å². The van der Waals surface area contributed by atoms with Crippen molar-refractivity contribution in [3.63, 3.8) is 0 Å². The van der Waals surface area contributed by atoms with Gasteiger partial charge in [-0.15, -0.1) is 0 Å². The molecule has 8 heteroatoms. The number of piperidine rings is 1. The Labute approximate surface area is 255 Å². The Bertz CT molecular complexity index is 1370. The molecule has 2 aliphatic carbocycles. The number of hydrogen-bond donors (Lipinski definition) is 2. The van der Waals surface area contributed by atoms with E-state index in [-0.39, 0.29) is 23.0 Å². The van der Waals surface area contributed by atoms with Crippen molar-refractivity contribution in [3.05, 3.63) is 46.3 Å². The molecule has 1 atom stereocenters. The van der Waals surface area contributed by atoms with Gasteiger partial charge in [-0.3, -0.25) is 14.4 Å². The molecule has 1 aromatic heterocycles. The summed E-state index contributed by atoms with van der Waals surface area (Å²) in [5.74, 6) is 1.21. The maximum atomic E-state index is 14.1. The van der Waals surface area contributed by atoms with E-state index in [4.69, 9.17) is 4.74 Å². The largest absolute Gasteiger partial charge is 0.493 e. The Morgan fingerprint density at radius 2 is 1.91 bits per heavy atom. The van der Waals surface area contributed by atoms with Gasteiger partial charge in [0, 0.05) is 36.3 Å². The van der Waals surface area contributed by atoms with Crippen LogP contribution < -0.4 is 15.0 Å². The third kappa shape index (κ3) is 6.69. The van der Waals surface area contributed by atoms with Gasteiger partial charge in [0.2, 0.25) is 5.91 Å². The van der Waals surface area contributed by atoms with Gasteiger partial charge in [0.1, 0.15) is 17.5 Å². The average Bonchev–Trinajstić information content (AvgIpc) is 3.61. The smallest absolute Gasteiger partial charge is 0.268 e. The molecule has 3 heterocycles. The molecule has 1 unspecified atom stereocenters. The number of rotatable bonds is 11.